The number of thiazole rings is 1. The highest BCUT2D eigenvalue weighted by atomic mass is 32.1. The van der Waals surface area contributed by atoms with Crippen molar-refractivity contribution in [2.45, 2.75) is 13.5 Å². The second-order valence-electron chi connectivity index (χ2n) is 6.76. The summed E-state index contributed by atoms with van der Waals surface area (Å²) in [6, 6.07) is 14.6. The van der Waals surface area contributed by atoms with Crippen molar-refractivity contribution in [2.24, 2.45) is 0 Å². The number of pyridine rings is 1. The fraction of sp³-hybridized carbons (Fsp3) is 0.0952. The van der Waals surface area contributed by atoms with Crippen LogP contribution in [0.3, 0.4) is 0 Å². The van der Waals surface area contributed by atoms with E-state index in [1.165, 1.54) is 46.4 Å². The summed E-state index contributed by atoms with van der Waals surface area (Å²) in [6.07, 6.45) is 1.44. The van der Waals surface area contributed by atoms with Gasteiger partial charge < -0.3 is 4.57 Å². The zero-order chi connectivity index (χ0) is 21.3. The number of benzene rings is 2. The van der Waals surface area contributed by atoms with Gasteiger partial charge in [-0.1, -0.05) is 29.5 Å². The quantitative estimate of drug-likeness (QED) is 0.388. The summed E-state index contributed by atoms with van der Waals surface area (Å²) in [5.74, 6) is -0.390. The van der Waals surface area contributed by atoms with Crippen molar-refractivity contribution in [2.75, 3.05) is 5.32 Å². The van der Waals surface area contributed by atoms with Crippen molar-refractivity contribution in [1.82, 2.24) is 9.55 Å². The Hall–Kier alpha value is -3.85. The Bertz CT molecular complexity index is 1340. The van der Waals surface area contributed by atoms with Crippen molar-refractivity contribution < 1.29 is 9.72 Å². The molecule has 1 N–H and O–H groups in total. The van der Waals surface area contributed by atoms with Gasteiger partial charge in [0.2, 0.25) is 0 Å². The molecule has 150 valence electrons. The molecule has 30 heavy (non-hydrogen) atoms. The van der Waals surface area contributed by atoms with Crippen molar-refractivity contribution in [1.29, 1.82) is 0 Å². The fourth-order valence-electron chi connectivity index (χ4n) is 3.01. The van der Waals surface area contributed by atoms with Crippen molar-refractivity contribution in [3.05, 3.63) is 98.0 Å². The molecule has 0 radical (unpaired) electrons. The molecule has 0 aliphatic rings. The van der Waals surface area contributed by atoms with Gasteiger partial charge in [0.1, 0.15) is 0 Å². The third-order valence-electron chi connectivity index (χ3n) is 4.48. The van der Waals surface area contributed by atoms with Crippen LogP contribution in [0.25, 0.3) is 10.2 Å². The van der Waals surface area contributed by atoms with Gasteiger partial charge in [-0.05, 0) is 36.2 Å². The van der Waals surface area contributed by atoms with Gasteiger partial charge in [-0.15, -0.1) is 0 Å². The first-order valence-electron chi connectivity index (χ1n) is 9.01. The number of nitro groups is 1. The number of amides is 1. The van der Waals surface area contributed by atoms with Gasteiger partial charge in [0, 0.05) is 24.4 Å². The molecule has 2 aromatic carbocycles. The lowest BCUT2D eigenvalue weighted by Gasteiger charge is -2.08. The maximum absolute atomic E-state index is 12.7. The van der Waals surface area contributed by atoms with Crippen LogP contribution in [0.2, 0.25) is 0 Å². The van der Waals surface area contributed by atoms with Crippen molar-refractivity contribution in [3.8, 4) is 0 Å². The fourth-order valence-corrected chi connectivity index (χ4v) is 3.97. The van der Waals surface area contributed by atoms with Gasteiger partial charge in [-0.2, -0.15) is 0 Å². The Morgan fingerprint density at radius 3 is 2.83 bits per heavy atom. The molecule has 0 atom stereocenters. The number of anilines is 1. The molecule has 1 amide bonds. The molecular weight excluding hydrogens is 404 g/mol. The monoisotopic (exact) mass is 420 g/mol. The lowest BCUT2D eigenvalue weighted by molar-refractivity contribution is -0.384. The Balaban J connectivity index is 1.57. The highest BCUT2D eigenvalue weighted by Gasteiger charge is 2.12. The smallest absolute Gasteiger partial charge is 0.269 e. The average Bonchev–Trinajstić information content (AvgIpc) is 3.11. The summed E-state index contributed by atoms with van der Waals surface area (Å²) in [4.78, 5) is 39.7. The summed E-state index contributed by atoms with van der Waals surface area (Å²) in [6.45, 7) is 2.10. The Morgan fingerprint density at radius 2 is 2.03 bits per heavy atom. The van der Waals surface area contributed by atoms with Crippen LogP contribution in [0.15, 0.2) is 65.6 Å². The number of rotatable bonds is 5. The van der Waals surface area contributed by atoms with Crippen LogP contribution < -0.4 is 10.9 Å². The second kappa shape index (κ2) is 7.88. The van der Waals surface area contributed by atoms with E-state index < -0.39 is 10.8 Å². The molecule has 0 fully saturated rings. The molecule has 8 nitrogen and oxygen atoms in total. The van der Waals surface area contributed by atoms with Gasteiger partial charge in [0.05, 0.1) is 27.2 Å². The predicted octanol–water partition coefficient (Wildman–Crippen LogP) is 3.98. The number of hydrogen-bond acceptors (Lipinski definition) is 6. The van der Waals surface area contributed by atoms with Crippen LogP contribution in [0.5, 0.6) is 0 Å². The van der Waals surface area contributed by atoms with Gasteiger partial charge in [-0.3, -0.25) is 25.0 Å². The summed E-state index contributed by atoms with van der Waals surface area (Å²) >= 11 is 1.37. The van der Waals surface area contributed by atoms with Crippen molar-refractivity contribution in [3.63, 3.8) is 0 Å². The van der Waals surface area contributed by atoms with E-state index in [0.29, 0.717) is 10.7 Å². The van der Waals surface area contributed by atoms with Gasteiger partial charge in [-0.25, -0.2) is 4.98 Å². The van der Waals surface area contributed by atoms with Gasteiger partial charge >= 0.3 is 0 Å². The predicted molar refractivity (Wildman–Crippen MR) is 115 cm³/mol. The maximum atomic E-state index is 12.7. The number of carbonyl (C=O) groups is 1. The van der Waals surface area contributed by atoms with Crippen LogP contribution in [0, 0.1) is 17.0 Å². The standard InChI is InChI=1S/C21H16N4O4S/c1-13-5-7-17-18(9-13)30-21(22-17)23-20(27)15-6-8-19(26)24(12-15)11-14-3-2-4-16(10-14)25(28)29/h2-10,12H,11H2,1H3,(H,22,23,27). The van der Waals surface area contributed by atoms with Gasteiger partial charge in [0.15, 0.2) is 5.13 Å². The molecule has 0 aliphatic heterocycles. The number of carbonyl (C=O) groups excluding carboxylic acids is 1. The number of nitrogens with one attached hydrogen (secondary N) is 1. The molecule has 4 rings (SSSR count). The number of nitrogens with zero attached hydrogens (tertiary/aromatic N) is 3. The molecule has 2 aromatic heterocycles. The molecule has 0 unspecified atom stereocenters. The number of nitro benzene ring substituents is 1. The maximum Gasteiger partial charge on any atom is 0.269 e. The Labute approximate surface area is 174 Å². The first kappa shape index (κ1) is 19.5. The summed E-state index contributed by atoms with van der Waals surface area (Å²) < 4.78 is 2.32. The summed E-state index contributed by atoms with van der Waals surface area (Å²) in [5, 5.41) is 14.2. The first-order valence-corrected chi connectivity index (χ1v) is 9.83. The van der Waals surface area contributed by atoms with E-state index in [1.54, 1.807) is 12.1 Å². The third-order valence-corrected chi connectivity index (χ3v) is 5.42. The first-order chi connectivity index (χ1) is 14.4. The topological polar surface area (TPSA) is 107 Å². The van der Waals surface area contributed by atoms with E-state index in [-0.39, 0.29) is 23.4 Å². The van der Waals surface area contributed by atoms with E-state index in [2.05, 4.69) is 10.3 Å². The lowest BCUT2D eigenvalue weighted by Crippen LogP contribution is -2.22. The van der Waals surface area contributed by atoms with Gasteiger partial charge in [0.25, 0.3) is 17.2 Å². The minimum absolute atomic E-state index is 0.0551. The molecule has 0 aliphatic carbocycles. The number of fused-ring (bicyclic) bond motifs is 1. The molecule has 0 saturated carbocycles. The number of non-ortho nitro benzene ring substituents is 1. The number of hydrogen-bond donors (Lipinski definition) is 1. The normalized spacial score (nSPS) is 10.8. The molecule has 9 heteroatoms. The van der Waals surface area contributed by atoms with E-state index in [4.69, 9.17) is 0 Å². The SMILES string of the molecule is Cc1ccc2nc(NC(=O)c3ccc(=O)n(Cc4cccc([N+](=O)[O-])c4)c3)sc2c1. The third kappa shape index (κ3) is 4.11. The minimum Gasteiger partial charge on any atom is -0.310 e. The van der Waals surface area contributed by atoms with Crippen molar-refractivity contribution >= 4 is 38.3 Å². The minimum atomic E-state index is -0.490. The molecule has 0 bridgehead atoms. The van der Waals surface area contributed by atoms with Crippen LogP contribution in [0.4, 0.5) is 10.8 Å². The lowest BCUT2D eigenvalue weighted by atomic mass is 10.2. The average molecular weight is 420 g/mol. The number of aromatic nitrogens is 2. The van der Waals surface area contributed by atoms with Crippen LogP contribution in [-0.4, -0.2) is 20.4 Å². The molecule has 0 spiro atoms. The Kier molecular flexibility index (Phi) is 5.11. The van der Waals surface area contributed by atoms with Crippen LogP contribution >= 0.6 is 11.3 Å². The summed E-state index contributed by atoms with van der Waals surface area (Å²) in [7, 11) is 0. The number of aryl methyl sites for hydroxylation is 1. The molecular formula is C21H16N4O4S. The largest absolute Gasteiger partial charge is 0.310 e. The van der Waals surface area contributed by atoms with E-state index in [9.17, 15) is 19.7 Å². The zero-order valence-electron chi connectivity index (χ0n) is 15.9. The Morgan fingerprint density at radius 1 is 1.20 bits per heavy atom. The molecule has 2 heterocycles. The molecule has 4 aromatic rings. The van der Waals surface area contributed by atoms with E-state index in [1.807, 2.05) is 25.1 Å². The van der Waals surface area contributed by atoms with Crippen LogP contribution in [0.1, 0.15) is 21.5 Å². The van der Waals surface area contributed by atoms with E-state index in [0.717, 1.165) is 15.8 Å². The van der Waals surface area contributed by atoms with E-state index >= 15 is 0 Å². The second-order valence-corrected chi connectivity index (χ2v) is 7.79. The zero-order valence-corrected chi connectivity index (χ0v) is 16.7. The molecule has 0 saturated heterocycles. The highest BCUT2D eigenvalue weighted by molar-refractivity contribution is 7.22. The highest BCUT2D eigenvalue weighted by Crippen LogP contribution is 2.27. The summed E-state index contributed by atoms with van der Waals surface area (Å²) in [5.41, 5.74) is 2.42. The van der Waals surface area contributed by atoms with Crippen LogP contribution in [-0.2, 0) is 6.54 Å².